The van der Waals surface area contributed by atoms with E-state index in [-0.39, 0.29) is 11.5 Å². The fourth-order valence-electron chi connectivity index (χ4n) is 5.90. The summed E-state index contributed by atoms with van der Waals surface area (Å²) in [4.78, 5) is 29.0. The van der Waals surface area contributed by atoms with Gasteiger partial charge in [-0.3, -0.25) is 14.5 Å². The highest BCUT2D eigenvalue weighted by Crippen LogP contribution is 2.41. The van der Waals surface area contributed by atoms with E-state index in [1.165, 1.54) is 0 Å². The SMILES string of the molecule is CC(=O)N1CCC(N2C[C@H]3C[C@H](C2)c2c(-c4cccc(C#N)c4)ccc(=O)n2C3)CC1. The summed E-state index contributed by atoms with van der Waals surface area (Å²) < 4.78 is 1.99. The monoisotopic (exact) mass is 416 g/mol. The molecule has 0 N–H and O–H groups in total. The highest BCUT2D eigenvalue weighted by atomic mass is 16.2. The molecule has 3 aliphatic rings. The van der Waals surface area contributed by atoms with Crippen LogP contribution in [0.4, 0.5) is 0 Å². The molecule has 2 fully saturated rings. The number of carbonyl (C=O) groups excluding carboxylic acids is 1. The number of carbonyl (C=O) groups is 1. The Morgan fingerprint density at radius 2 is 1.90 bits per heavy atom. The van der Waals surface area contributed by atoms with Crippen LogP contribution in [-0.4, -0.2) is 52.5 Å². The first kappa shape index (κ1) is 20.0. The largest absolute Gasteiger partial charge is 0.343 e. The van der Waals surface area contributed by atoms with Crippen LogP contribution < -0.4 is 5.56 Å². The van der Waals surface area contributed by atoms with Crippen LogP contribution in [0.25, 0.3) is 11.1 Å². The number of hydrogen-bond acceptors (Lipinski definition) is 4. The van der Waals surface area contributed by atoms with Gasteiger partial charge in [0.15, 0.2) is 0 Å². The first-order chi connectivity index (χ1) is 15.0. The first-order valence-electron chi connectivity index (χ1n) is 11.3. The van der Waals surface area contributed by atoms with Crippen LogP contribution >= 0.6 is 0 Å². The second-order valence-corrected chi connectivity index (χ2v) is 9.26. The van der Waals surface area contributed by atoms with Crippen molar-refractivity contribution in [1.29, 1.82) is 5.26 Å². The molecular weight excluding hydrogens is 388 g/mol. The lowest BCUT2D eigenvalue weighted by Gasteiger charge is -2.48. The van der Waals surface area contributed by atoms with Gasteiger partial charge in [-0.05, 0) is 48.9 Å². The van der Waals surface area contributed by atoms with E-state index in [0.717, 1.165) is 68.8 Å². The summed E-state index contributed by atoms with van der Waals surface area (Å²) in [5.41, 5.74) is 3.93. The molecule has 0 aliphatic carbocycles. The predicted molar refractivity (Wildman–Crippen MR) is 119 cm³/mol. The van der Waals surface area contributed by atoms with Crippen LogP contribution in [0.3, 0.4) is 0 Å². The summed E-state index contributed by atoms with van der Waals surface area (Å²) in [5.74, 6) is 0.968. The van der Waals surface area contributed by atoms with Gasteiger partial charge in [0.25, 0.3) is 5.56 Å². The molecule has 0 unspecified atom stereocenters. The maximum Gasteiger partial charge on any atom is 0.250 e. The number of rotatable bonds is 2. The lowest BCUT2D eigenvalue weighted by atomic mass is 9.79. The number of nitriles is 1. The van der Waals surface area contributed by atoms with Gasteiger partial charge in [0.05, 0.1) is 11.6 Å². The third-order valence-electron chi connectivity index (χ3n) is 7.35. The Kier molecular flexibility index (Phi) is 5.15. The molecular formula is C25H28N4O2. The summed E-state index contributed by atoms with van der Waals surface area (Å²) in [6.07, 6.45) is 3.16. The Bertz CT molecular complexity index is 1110. The summed E-state index contributed by atoms with van der Waals surface area (Å²) in [6.45, 7) is 6.08. The van der Waals surface area contributed by atoms with Gasteiger partial charge in [0, 0.05) is 68.9 Å². The minimum Gasteiger partial charge on any atom is -0.343 e. The Hall–Kier alpha value is -2.91. The Balaban J connectivity index is 1.46. The average molecular weight is 417 g/mol. The summed E-state index contributed by atoms with van der Waals surface area (Å²) in [5, 5.41) is 9.33. The zero-order valence-electron chi connectivity index (χ0n) is 18.0. The molecule has 0 saturated carbocycles. The Morgan fingerprint density at radius 3 is 2.65 bits per heavy atom. The van der Waals surface area contributed by atoms with E-state index in [1.807, 2.05) is 39.8 Å². The average Bonchev–Trinajstić information content (AvgIpc) is 2.79. The smallest absolute Gasteiger partial charge is 0.250 e. The zero-order chi connectivity index (χ0) is 21.5. The van der Waals surface area contributed by atoms with E-state index < -0.39 is 0 Å². The summed E-state index contributed by atoms with van der Waals surface area (Å²) >= 11 is 0. The number of fused-ring (bicyclic) bond motifs is 4. The quantitative estimate of drug-likeness (QED) is 0.755. The van der Waals surface area contributed by atoms with Crippen LogP contribution in [0.5, 0.6) is 0 Å². The van der Waals surface area contributed by atoms with Crippen molar-refractivity contribution in [3.63, 3.8) is 0 Å². The van der Waals surface area contributed by atoms with Crippen molar-refractivity contribution in [1.82, 2.24) is 14.4 Å². The fourth-order valence-corrected chi connectivity index (χ4v) is 5.90. The van der Waals surface area contributed by atoms with Crippen LogP contribution in [0.1, 0.15) is 43.4 Å². The molecule has 1 amide bonds. The molecule has 2 bridgehead atoms. The molecule has 0 spiro atoms. The number of aromatic nitrogens is 1. The lowest BCUT2D eigenvalue weighted by molar-refractivity contribution is -0.130. The summed E-state index contributed by atoms with van der Waals surface area (Å²) in [6, 6.07) is 14.0. The number of likely N-dealkylation sites (tertiary alicyclic amines) is 2. The van der Waals surface area contributed by atoms with Crippen LogP contribution in [-0.2, 0) is 11.3 Å². The number of piperidine rings is 2. The van der Waals surface area contributed by atoms with Gasteiger partial charge < -0.3 is 9.47 Å². The van der Waals surface area contributed by atoms with E-state index in [1.54, 1.807) is 13.0 Å². The fraction of sp³-hybridized carbons (Fsp3) is 0.480. The van der Waals surface area contributed by atoms with Gasteiger partial charge in [0.2, 0.25) is 5.91 Å². The van der Waals surface area contributed by atoms with Crippen molar-refractivity contribution in [3.8, 4) is 17.2 Å². The zero-order valence-corrected chi connectivity index (χ0v) is 18.0. The molecule has 6 nitrogen and oxygen atoms in total. The lowest BCUT2D eigenvalue weighted by Crippen LogP contribution is -2.53. The van der Waals surface area contributed by atoms with E-state index in [9.17, 15) is 14.9 Å². The van der Waals surface area contributed by atoms with Gasteiger partial charge in [-0.2, -0.15) is 5.26 Å². The Labute approximate surface area is 182 Å². The highest BCUT2D eigenvalue weighted by molar-refractivity contribution is 5.73. The van der Waals surface area contributed by atoms with Crippen molar-refractivity contribution in [3.05, 3.63) is 58.0 Å². The Morgan fingerprint density at radius 1 is 1.10 bits per heavy atom. The molecule has 2 aromatic rings. The van der Waals surface area contributed by atoms with E-state index in [4.69, 9.17) is 0 Å². The number of pyridine rings is 1. The van der Waals surface area contributed by atoms with Crippen molar-refractivity contribution in [2.24, 2.45) is 5.92 Å². The molecule has 1 aromatic carbocycles. The molecule has 6 heteroatoms. The van der Waals surface area contributed by atoms with E-state index >= 15 is 0 Å². The molecule has 1 aromatic heterocycles. The molecule has 3 aliphatic heterocycles. The molecule has 160 valence electrons. The minimum atomic E-state index is 0.0769. The van der Waals surface area contributed by atoms with Gasteiger partial charge in [-0.15, -0.1) is 0 Å². The molecule has 5 rings (SSSR count). The standard InChI is InChI=1S/C25H28N4O2/c1-17(30)27-9-7-22(8-10-27)28-14-19-12-21(16-28)25-23(5-6-24(31)29(25)15-19)20-4-2-3-18(11-20)13-26/h2-6,11,19,21-22H,7-10,12,14-16H2,1H3/t19-,21-/m1/s1. The topological polar surface area (TPSA) is 69.3 Å². The van der Waals surface area contributed by atoms with Crippen LogP contribution in [0.2, 0.25) is 0 Å². The second kappa shape index (κ2) is 7.97. The maximum absolute atomic E-state index is 12.7. The maximum atomic E-state index is 12.7. The van der Waals surface area contributed by atoms with Crippen molar-refractivity contribution >= 4 is 5.91 Å². The number of hydrogen-bond donors (Lipinski definition) is 0. The molecule has 0 radical (unpaired) electrons. The first-order valence-corrected chi connectivity index (χ1v) is 11.3. The second-order valence-electron chi connectivity index (χ2n) is 9.26. The minimum absolute atomic E-state index is 0.0769. The number of nitrogens with zero attached hydrogens (tertiary/aromatic N) is 4. The molecule has 2 atom stereocenters. The third-order valence-corrected chi connectivity index (χ3v) is 7.35. The number of benzene rings is 1. The van der Waals surface area contributed by atoms with E-state index in [0.29, 0.717) is 23.4 Å². The van der Waals surface area contributed by atoms with Gasteiger partial charge in [-0.25, -0.2) is 0 Å². The molecule has 2 saturated heterocycles. The normalized spacial score (nSPS) is 23.8. The van der Waals surface area contributed by atoms with Gasteiger partial charge in [-0.1, -0.05) is 12.1 Å². The van der Waals surface area contributed by atoms with Crippen molar-refractivity contribution in [2.45, 2.75) is 44.7 Å². The van der Waals surface area contributed by atoms with Crippen LogP contribution in [0.15, 0.2) is 41.2 Å². The van der Waals surface area contributed by atoms with Crippen molar-refractivity contribution in [2.75, 3.05) is 26.2 Å². The van der Waals surface area contributed by atoms with Gasteiger partial charge in [0.1, 0.15) is 0 Å². The van der Waals surface area contributed by atoms with E-state index in [2.05, 4.69) is 11.0 Å². The predicted octanol–water partition coefficient (Wildman–Crippen LogP) is 2.82. The molecule has 31 heavy (non-hydrogen) atoms. The third kappa shape index (κ3) is 3.68. The highest BCUT2D eigenvalue weighted by Gasteiger charge is 2.39. The summed E-state index contributed by atoms with van der Waals surface area (Å²) in [7, 11) is 0. The molecule has 4 heterocycles. The van der Waals surface area contributed by atoms with Gasteiger partial charge >= 0.3 is 0 Å². The van der Waals surface area contributed by atoms with Crippen molar-refractivity contribution < 1.29 is 4.79 Å². The number of amides is 1. The van der Waals surface area contributed by atoms with Crippen LogP contribution in [0, 0.1) is 17.2 Å².